The highest BCUT2D eigenvalue weighted by atomic mass is 32.2. The minimum atomic E-state index is -1.37. The van der Waals surface area contributed by atoms with E-state index in [2.05, 4.69) is 4.98 Å². The zero-order valence-electron chi connectivity index (χ0n) is 15.1. The van der Waals surface area contributed by atoms with E-state index in [4.69, 9.17) is 17.2 Å². The van der Waals surface area contributed by atoms with E-state index in [1.54, 1.807) is 0 Å². The lowest BCUT2D eigenvalue weighted by atomic mass is 10.0. The average molecular weight is 411 g/mol. The number of β-lactam (4-membered cyclic amide) rings is 1. The molecule has 2 atom stereocenters. The summed E-state index contributed by atoms with van der Waals surface area (Å²) in [6.07, 6.45) is 0.672. The highest BCUT2D eigenvalue weighted by Crippen LogP contribution is 2.40. The molecule has 27 heavy (non-hydrogen) atoms. The van der Waals surface area contributed by atoms with Crippen molar-refractivity contribution in [3.8, 4) is 0 Å². The number of carbonyl (C=O) groups is 2. The first-order valence-corrected chi connectivity index (χ1v) is 10.6. The molecular weight excluding hydrogens is 388 g/mol. The van der Waals surface area contributed by atoms with E-state index in [1.165, 1.54) is 28.4 Å². The van der Waals surface area contributed by atoms with Crippen molar-refractivity contribution in [3.05, 3.63) is 16.8 Å². The molecule has 2 aliphatic heterocycles. The summed E-state index contributed by atoms with van der Waals surface area (Å²) in [6.45, 7) is 4.51. The Morgan fingerprint density at radius 2 is 2.15 bits per heavy atom. The van der Waals surface area contributed by atoms with Gasteiger partial charge in [0.1, 0.15) is 11.4 Å². The number of rotatable bonds is 6. The van der Waals surface area contributed by atoms with Crippen LogP contribution in [-0.4, -0.2) is 44.7 Å². The number of anilines is 2. The molecule has 0 saturated carbocycles. The molecule has 0 bridgehead atoms. The number of amides is 1. The normalized spacial score (nSPS) is 21.9. The topological polar surface area (TPSA) is 155 Å². The lowest BCUT2D eigenvalue weighted by Crippen LogP contribution is -2.69. The number of nitrogen functional groups attached to an aromatic ring is 2. The van der Waals surface area contributed by atoms with Crippen molar-refractivity contribution in [1.82, 2.24) is 9.88 Å². The third-order valence-electron chi connectivity index (χ3n) is 4.68. The van der Waals surface area contributed by atoms with Gasteiger partial charge in [0.15, 0.2) is 0 Å². The Morgan fingerprint density at radius 3 is 2.74 bits per heavy atom. The third-order valence-corrected chi connectivity index (χ3v) is 7.11. The smallest absolute Gasteiger partial charge is 0.301 e. The minimum absolute atomic E-state index is 0.0767. The Balaban J connectivity index is 1.90. The molecule has 1 aromatic rings. The summed E-state index contributed by atoms with van der Waals surface area (Å²) in [4.78, 5) is 29.3. The van der Waals surface area contributed by atoms with Gasteiger partial charge in [-0.2, -0.15) is 0 Å². The van der Waals surface area contributed by atoms with Gasteiger partial charge < -0.3 is 27.1 Å². The Kier molecular flexibility index (Phi) is 5.54. The van der Waals surface area contributed by atoms with Crippen LogP contribution in [0.25, 0.3) is 0 Å². The van der Waals surface area contributed by atoms with Crippen molar-refractivity contribution in [2.75, 3.05) is 23.0 Å². The second-order valence-corrected chi connectivity index (χ2v) is 8.25. The van der Waals surface area contributed by atoms with Gasteiger partial charge in [0.2, 0.25) is 17.5 Å². The fourth-order valence-electron chi connectivity index (χ4n) is 3.24. The molecule has 2 aliphatic rings. The predicted molar refractivity (Wildman–Crippen MR) is 102 cm³/mol. The maximum Gasteiger partial charge on any atom is 0.301 e. The molecule has 9 nitrogen and oxygen atoms in total. The molecular formula is C16H22N6O3S2. The molecule has 11 heteroatoms. The number of carboxylic acids is 1. The highest BCUT2D eigenvalue weighted by molar-refractivity contribution is 8.01. The standard InChI is InChI=1S/C16H22N6O3S2/c1-3-8-11(18)20-16(21(4-2)12(8)19)27-6-7-5-26-14-9(17)13(23)22(14)10(7)15(24)25/h9,14H,3-6,17H2,1-2H3,(H4,18,19,24,25). The van der Waals surface area contributed by atoms with Crippen LogP contribution in [0.3, 0.4) is 0 Å². The van der Waals surface area contributed by atoms with E-state index in [0.717, 1.165) is 5.56 Å². The van der Waals surface area contributed by atoms with Gasteiger partial charge >= 0.3 is 5.16 Å². The molecule has 0 aliphatic carbocycles. The molecule has 3 rings (SSSR count). The highest BCUT2D eigenvalue weighted by Gasteiger charge is 2.50. The zero-order chi connectivity index (χ0) is 19.9. The van der Waals surface area contributed by atoms with Gasteiger partial charge in [-0.1, -0.05) is 11.9 Å². The number of aliphatic carboxylic acids is 1. The molecule has 1 fully saturated rings. The Hall–Kier alpha value is -1.98. The number of carboxylic acid groups (broad SMARTS) is 1. The van der Waals surface area contributed by atoms with E-state index < -0.39 is 17.9 Å². The number of hydrogen-bond acceptors (Lipinski definition) is 9. The maximum absolute atomic E-state index is 12.0. The molecule has 0 radical (unpaired) electrons. The summed E-state index contributed by atoms with van der Waals surface area (Å²) >= 11 is 2.79. The summed E-state index contributed by atoms with van der Waals surface area (Å²) in [6, 6.07) is -0.663. The Labute approximate surface area is 165 Å². The van der Waals surface area contributed by atoms with Crippen molar-refractivity contribution < 1.29 is 19.3 Å². The third kappa shape index (κ3) is 3.23. The number of fused-ring (bicyclic) bond motifs is 1. The molecule has 146 valence electrons. The van der Waals surface area contributed by atoms with E-state index >= 15 is 0 Å². The van der Waals surface area contributed by atoms with Crippen LogP contribution in [-0.2, 0) is 22.6 Å². The number of hydrogen-bond donors (Lipinski definition) is 3. The van der Waals surface area contributed by atoms with Crippen molar-refractivity contribution in [2.24, 2.45) is 5.73 Å². The van der Waals surface area contributed by atoms with Gasteiger partial charge in [0, 0.05) is 11.5 Å². The van der Waals surface area contributed by atoms with E-state index in [0.29, 0.717) is 46.8 Å². The van der Waals surface area contributed by atoms with Crippen LogP contribution >= 0.6 is 23.5 Å². The summed E-state index contributed by atoms with van der Waals surface area (Å²) < 4.78 is 1.85. The number of aromatic nitrogens is 2. The summed E-state index contributed by atoms with van der Waals surface area (Å²) in [5, 5.41) is 11.9. The average Bonchev–Trinajstić information content (AvgIpc) is 2.64. The van der Waals surface area contributed by atoms with Gasteiger partial charge in [0.05, 0.1) is 23.8 Å². The number of nitrogens with zero attached hydrogens (tertiary/aromatic N) is 3. The zero-order valence-corrected chi connectivity index (χ0v) is 16.7. The maximum atomic E-state index is 12.0. The first-order chi connectivity index (χ1) is 12.8. The van der Waals surface area contributed by atoms with Crippen LogP contribution in [0, 0.1) is 0 Å². The van der Waals surface area contributed by atoms with Crippen molar-refractivity contribution in [3.63, 3.8) is 0 Å². The van der Waals surface area contributed by atoms with E-state index in [1.807, 2.05) is 18.4 Å². The first-order valence-electron chi connectivity index (χ1n) is 8.55. The van der Waals surface area contributed by atoms with Crippen molar-refractivity contribution in [1.29, 1.82) is 0 Å². The molecule has 0 aromatic carbocycles. The number of carbonyl (C=O) groups excluding carboxylic acids is 2. The number of thioether (sulfide) groups is 2. The van der Waals surface area contributed by atoms with Gasteiger partial charge in [-0.05, 0) is 30.7 Å². The van der Waals surface area contributed by atoms with Crippen LogP contribution in [0.1, 0.15) is 19.4 Å². The fraction of sp³-hybridized carbons (Fsp3) is 0.500. The van der Waals surface area contributed by atoms with Crippen LogP contribution in [0.2, 0.25) is 0 Å². The lowest BCUT2D eigenvalue weighted by Gasteiger charge is -2.49. The summed E-state index contributed by atoms with van der Waals surface area (Å²) in [7, 11) is 0. The fourth-order valence-corrected chi connectivity index (χ4v) is 5.75. The largest absolute Gasteiger partial charge is 0.543 e. The van der Waals surface area contributed by atoms with Crippen LogP contribution < -0.4 is 26.9 Å². The monoisotopic (exact) mass is 410 g/mol. The Bertz CT molecular complexity index is 844. The molecule has 1 saturated heterocycles. The van der Waals surface area contributed by atoms with Crippen LogP contribution in [0.4, 0.5) is 11.6 Å². The SMILES string of the molecule is CCc1c(N)nc(SCC2=C(C(=O)[O-])N3C(=O)C(N)C3SC2)[n+](CC)c1N. The molecule has 1 amide bonds. The second-order valence-electron chi connectivity index (χ2n) is 6.21. The number of nitrogens with two attached hydrogens (primary N) is 3. The van der Waals surface area contributed by atoms with Crippen LogP contribution in [0.15, 0.2) is 16.4 Å². The minimum Gasteiger partial charge on any atom is -0.543 e. The lowest BCUT2D eigenvalue weighted by molar-refractivity contribution is -0.720. The van der Waals surface area contributed by atoms with Gasteiger partial charge in [0.25, 0.3) is 0 Å². The quantitative estimate of drug-likeness (QED) is 0.219. The summed E-state index contributed by atoms with van der Waals surface area (Å²) in [5.41, 5.74) is 19.3. The van der Waals surface area contributed by atoms with Crippen LogP contribution in [0.5, 0.6) is 0 Å². The van der Waals surface area contributed by atoms with Gasteiger partial charge in [-0.3, -0.25) is 9.69 Å². The van der Waals surface area contributed by atoms with Crippen molar-refractivity contribution in [2.45, 2.75) is 43.4 Å². The molecule has 0 spiro atoms. The van der Waals surface area contributed by atoms with Crippen molar-refractivity contribution >= 4 is 47.0 Å². The molecule has 2 unspecified atom stereocenters. The predicted octanol–water partition coefficient (Wildman–Crippen LogP) is -1.55. The molecule has 3 heterocycles. The van der Waals surface area contributed by atoms with E-state index in [9.17, 15) is 14.7 Å². The summed E-state index contributed by atoms with van der Waals surface area (Å²) in [5.74, 6) is -0.0317. The van der Waals surface area contributed by atoms with Gasteiger partial charge in [-0.15, -0.1) is 11.8 Å². The molecule has 6 N–H and O–H groups in total. The van der Waals surface area contributed by atoms with E-state index in [-0.39, 0.29) is 11.1 Å². The second kappa shape index (κ2) is 7.56. The first kappa shape index (κ1) is 19.8. The Morgan fingerprint density at radius 1 is 1.44 bits per heavy atom. The molecule has 1 aromatic heterocycles. The van der Waals surface area contributed by atoms with Gasteiger partial charge in [-0.25, -0.2) is 4.57 Å².